The highest BCUT2D eigenvalue weighted by molar-refractivity contribution is 5.70. The number of aromatic nitrogens is 2. The van der Waals surface area contributed by atoms with Gasteiger partial charge in [0.15, 0.2) is 18.0 Å². The van der Waals surface area contributed by atoms with Gasteiger partial charge >= 0.3 is 5.88 Å². The highest BCUT2D eigenvalue weighted by Crippen LogP contribution is 2.27. The minimum Gasteiger partial charge on any atom is -1.00 e. The lowest BCUT2D eigenvalue weighted by Crippen LogP contribution is -3.00. The number of halogens is 1. The van der Waals surface area contributed by atoms with Crippen molar-refractivity contribution in [3.8, 4) is 11.5 Å². The summed E-state index contributed by atoms with van der Waals surface area (Å²) in [6.45, 7) is 0.630. The number of nitrogen functional groups attached to an aromatic ring is 1. The van der Waals surface area contributed by atoms with E-state index in [-0.39, 0.29) is 12.4 Å². The van der Waals surface area contributed by atoms with Gasteiger partial charge in [-0.3, -0.25) is 4.52 Å². The van der Waals surface area contributed by atoms with Gasteiger partial charge in [-0.25, -0.2) is 0 Å². The van der Waals surface area contributed by atoms with E-state index in [2.05, 4.69) is 5.27 Å². The zero-order valence-electron chi connectivity index (χ0n) is 15.3. The fourth-order valence-corrected chi connectivity index (χ4v) is 2.65. The summed E-state index contributed by atoms with van der Waals surface area (Å²) in [4.78, 5) is 0. The van der Waals surface area contributed by atoms with Gasteiger partial charge < -0.3 is 27.6 Å². The van der Waals surface area contributed by atoms with Gasteiger partial charge in [0, 0.05) is 12.5 Å². The standard InChI is InChI=1S/C20H22N3O3.ClH/c1-24-18-11-9-16(14-19(18)25-2)12-13-23-17(20(21)26-22-23)10-8-15-6-4-3-5-7-15;/h3-11,14H,12-13,21H2,1-2H3;1H/q+1;/p-1/b10-8+;. The molecule has 1 heterocycles. The van der Waals surface area contributed by atoms with Crippen LogP contribution in [0.15, 0.2) is 53.1 Å². The molecule has 0 radical (unpaired) electrons. The van der Waals surface area contributed by atoms with Crippen LogP contribution in [0.25, 0.3) is 12.2 Å². The minimum absolute atomic E-state index is 0. The summed E-state index contributed by atoms with van der Waals surface area (Å²) in [7, 11) is 3.25. The molecule has 2 N–H and O–H groups in total. The maximum atomic E-state index is 5.92. The minimum atomic E-state index is 0. The van der Waals surface area contributed by atoms with Crippen molar-refractivity contribution >= 4 is 18.0 Å². The van der Waals surface area contributed by atoms with Crippen molar-refractivity contribution in [1.29, 1.82) is 0 Å². The number of hydrogen-bond donors (Lipinski definition) is 1. The molecule has 0 unspecified atom stereocenters. The summed E-state index contributed by atoms with van der Waals surface area (Å²) >= 11 is 0. The van der Waals surface area contributed by atoms with Gasteiger partial charge in [-0.2, -0.15) is 0 Å². The molecule has 7 heteroatoms. The summed E-state index contributed by atoms with van der Waals surface area (Å²) in [5.74, 6) is 1.71. The van der Waals surface area contributed by atoms with Crippen LogP contribution >= 0.6 is 0 Å². The summed E-state index contributed by atoms with van der Waals surface area (Å²) in [6.07, 6.45) is 4.65. The third-order valence-corrected chi connectivity index (χ3v) is 4.06. The first-order valence-corrected chi connectivity index (χ1v) is 8.30. The number of nitrogens with zero attached hydrogens (tertiary/aromatic N) is 2. The normalized spacial score (nSPS) is 10.6. The van der Waals surface area contributed by atoms with Gasteiger partial charge in [0.1, 0.15) is 0 Å². The Balaban J connectivity index is 0.00000261. The van der Waals surface area contributed by atoms with Crippen molar-refractivity contribution in [2.45, 2.75) is 13.0 Å². The van der Waals surface area contributed by atoms with Gasteiger partial charge in [0.25, 0.3) is 5.69 Å². The summed E-state index contributed by atoms with van der Waals surface area (Å²) in [6, 6.07) is 15.9. The van der Waals surface area contributed by atoms with Crippen LogP contribution in [0, 0.1) is 0 Å². The van der Waals surface area contributed by atoms with E-state index in [0.29, 0.717) is 23.9 Å². The number of rotatable bonds is 7. The van der Waals surface area contributed by atoms with Gasteiger partial charge in [0.05, 0.1) is 14.2 Å². The van der Waals surface area contributed by atoms with Crippen LogP contribution in [0.4, 0.5) is 5.88 Å². The van der Waals surface area contributed by atoms with Crippen LogP contribution in [0.5, 0.6) is 11.5 Å². The lowest BCUT2D eigenvalue weighted by Gasteiger charge is -2.08. The highest BCUT2D eigenvalue weighted by Gasteiger charge is 2.20. The SMILES string of the molecule is COc1ccc(CC[n+]2noc(N)c2/C=C/c2ccccc2)cc1OC.[Cl-]. The maximum Gasteiger partial charge on any atom is 0.301 e. The molecule has 3 rings (SSSR count). The molecule has 6 nitrogen and oxygen atoms in total. The molecule has 1 aromatic heterocycles. The van der Waals surface area contributed by atoms with E-state index in [1.165, 1.54) is 0 Å². The lowest BCUT2D eigenvalue weighted by molar-refractivity contribution is -0.763. The maximum absolute atomic E-state index is 5.92. The molecule has 0 fully saturated rings. The number of aryl methyl sites for hydroxylation is 2. The Bertz CT molecular complexity index is 895. The monoisotopic (exact) mass is 387 g/mol. The molecular formula is C20H22ClN3O3. The zero-order valence-corrected chi connectivity index (χ0v) is 16.0. The molecule has 0 atom stereocenters. The molecule has 0 bridgehead atoms. The van der Waals surface area contributed by atoms with Crippen molar-refractivity contribution < 1.29 is 31.1 Å². The second kappa shape index (κ2) is 9.64. The van der Waals surface area contributed by atoms with Crippen molar-refractivity contribution in [3.63, 3.8) is 0 Å². The van der Waals surface area contributed by atoms with E-state index in [0.717, 1.165) is 23.2 Å². The summed E-state index contributed by atoms with van der Waals surface area (Å²) in [5.41, 5.74) is 8.85. The Kier molecular flexibility index (Phi) is 7.25. The average Bonchev–Trinajstić information content (AvgIpc) is 3.04. The van der Waals surface area contributed by atoms with Crippen LogP contribution < -0.4 is 32.3 Å². The van der Waals surface area contributed by atoms with Crippen LogP contribution in [0.3, 0.4) is 0 Å². The lowest BCUT2D eigenvalue weighted by atomic mass is 10.1. The molecule has 2 aromatic carbocycles. The largest absolute Gasteiger partial charge is 1.00 e. The molecule has 0 aliphatic rings. The third-order valence-electron chi connectivity index (χ3n) is 4.06. The van der Waals surface area contributed by atoms with Gasteiger partial charge in [-0.1, -0.05) is 36.4 Å². The van der Waals surface area contributed by atoms with Crippen LogP contribution in [0.1, 0.15) is 16.8 Å². The van der Waals surface area contributed by atoms with Gasteiger partial charge in [0.2, 0.25) is 5.27 Å². The van der Waals surface area contributed by atoms with Crippen LogP contribution in [-0.2, 0) is 13.0 Å². The zero-order chi connectivity index (χ0) is 18.4. The molecular weight excluding hydrogens is 366 g/mol. The van der Waals surface area contributed by atoms with E-state index in [4.69, 9.17) is 19.7 Å². The first-order valence-electron chi connectivity index (χ1n) is 8.30. The number of hydrogen-bond acceptors (Lipinski definition) is 5. The first kappa shape index (κ1) is 20.3. The molecule has 27 heavy (non-hydrogen) atoms. The quantitative estimate of drug-likeness (QED) is 0.577. The molecule has 0 saturated carbocycles. The molecule has 3 aromatic rings. The van der Waals surface area contributed by atoms with E-state index < -0.39 is 0 Å². The number of anilines is 1. The molecule has 0 amide bonds. The number of ether oxygens (including phenoxy) is 2. The molecule has 0 spiro atoms. The Morgan fingerprint density at radius 2 is 1.78 bits per heavy atom. The fourth-order valence-electron chi connectivity index (χ4n) is 2.65. The molecule has 0 aliphatic heterocycles. The average molecular weight is 388 g/mol. The van der Waals surface area contributed by atoms with E-state index >= 15 is 0 Å². The number of nitrogens with two attached hydrogens (primary N) is 1. The van der Waals surface area contributed by atoms with Crippen molar-refractivity contribution in [1.82, 2.24) is 5.27 Å². The Morgan fingerprint density at radius 3 is 2.48 bits per heavy atom. The first-order chi connectivity index (χ1) is 12.7. The highest BCUT2D eigenvalue weighted by atomic mass is 35.5. The second-order valence-electron chi connectivity index (χ2n) is 5.73. The summed E-state index contributed by atoms with van der Waals surface area (Å²) < 4.78 is 17.5. The number of methoxy groups -OCH3 is 2. The fraction of sp³-hybridized carbons (Fsp3) is 0.200. The predicted octanol–water partition coefficient (Wildman–Crippen LogP) is -0.0214. The van der Waals surface area contributed by atoms with Crippen LogP contribution in [0.2, 0.25) is 0 Å². The van der Waals surface area contributed by atoms with E-state index in [9.17, 15) is 0 Å². The summed E-state index contributed by atoms with van der Waals surface area (Å²) in [5, 5.41) is 4.03. The Labute approximate surface area is 164 Å². The van der Waals surface area contributed by atoms with Gasteiger partial charge in [-0.15, -0.1) is 0 Å². The Hall–Kier alpha value is -2.99. The smallest absolute Gasteiger partial charge is 0.301 e. The Morgan fingerprint density at radius 1 is 1.04 bits per heavy atom. The van der Waals surface area contributed by atoms with Crippen molar-refractivity contribution in [2.75, 3.05) is 20.0 Å². The van der Waals surface area contributed by atoms with E-state index in [1.807, 2.05) is 60.7 Å². The second-order valence-corrected chi connectivity index (χ2v) is 5.73. The molecule has 0 aliphatic carbocycles. The van der Waals surface area contributed by atoms with Crippen molar-refractivity contribution in [3.05, 3.63) is 65.4 Å². The molecule has 142 valence electrons. The topological polar surface area (TPSA) is 74.4 Å². The molecule has 0 saturated heterocycles. The van der Waals surface area contributed by atoms with Crippen LogP contribution in [-0.4, -0.2) is 19.5 Å². The van der Waals surface area contributed by atoms with Gasteiger partial charge in [-0.05, 0) is 34.0 Å². The van der Waals surface area contributed by atoms with Crippen molar-refractivity contribution in [2.24, 2.45) is 0 Å². The van der Waals surface area contributed by atoms with E-state index in [1.54, 1.807) is 18.9 Å². The number of benzene rings is 2. The predicted molar refractivity (Wildman–Crippen MR) is 99.7 cm³/mol. The third kappa shape index (κ3) is 5.01.